The van der Waals surface area contributed by atoms with Gasteiger partial charge in [0.15, 0.2) is 0 Å². The average molecular weight is 296 g/mol. The minimum atomic E-state index is -0.0986. The highest BCUT2D eigenvalue weighted by Crippen LogP contribution is 2.50. The van der Waals surface area contributed by atoms with Gasteiger partial charge in [0.2, 0.25) is 0 Å². The van der Waals surface area contributed by atoms with E-state index in [0.717, 1.165) is 19.4 Å². The average Bonchev–Trinajstić information content (AvgIpc) is 2.87. The van der Waals surface area contributed by atoms with Gasteiger partial charge in [-0.25, -0.2) is 4.79 Å². The fraction of sp³-hybridized carbons (Fsp3) is 0.812. The first-order valence-corrected chi connectivity index (χ1v) is 7.74. The van der Waals surface area contributed by atoms with Crippen LogP contribution in [0.1, 0.15) is 26.7 Å². The number of carbonyl (C=O) groups is 1. The van der Waals surface area contributed by atoms with Crippen LogP contribution in [-0.2, 0) is 9.47 Å². The Labute approximate surface area is 127 Å². The minimum Gasteiger partial charge on any atom is -0.382 e. The third-order valence-electron chi connectivity index (χ3n) is 4.62. The van der Waals surface area contributed by atoms with E-state index in [9.17, 15) is 4.79 Å². The molecular weight excluding hydrogens is 268 g/mol. The molecule has 2 amide bonds. The standard InChI is InChI=1S/C16H28N2O3/c1-12(2)14-16(7-5-6-8-16)11-18(14)15(19)17-13(9-20-3)10-21-4/h5-6,12-14H,7-11H2,1-4H3,(H,17,19). The normalized spacial score (nSPS) is 23.1. The van der Waals surface area contributed by atoms with Gasteiger partial charge in [-0.2, -0.15) is 0 Å². The maximum absolute atomic E-state index is 12.5. The van der Waals surface area contributed by atoms with Gasteiger partial charge in [-0.3, -0.25) is 0 Å². The summed E-state index contributed by atoms with van der Waals surface area (Å²) in [5.41, 5.74) is 0.281. The number of hydrogen-bond acceptors (Lipinski definition) is 3. The predicted molar refractivity (Wildman–Crippen MR) is 82.2 cm³/mol. The van der Waals surface area contributed by atoms with Crippen LogP contribution in [-0.4, -0.2) is 57.0 Å². The molecule has 5 nitrogen and oxygen atoms in total. The van der Waals surface area contributed by atoms with E-state index in [1.165, 1.54) is 0 Å². The highest BCUT2D eigenvalue weighted by molar-refractivity contribution is 5.76. The molecule has 0 aromatic rings. The van der Waals surface area contributed by atoms with Crippen molar-refractivity contribution in [1.82, 2.24) is 10.2 Å². The Bertz CT molecular complexity index is 381. The van der Waals surface area contributed by atoms with Crippen LogP contribution in [0, 0.1) is 11.3 Å². The summed E-state index contributed by atoms with van der Waals surface area (Å²) < 4.78 is 10.3. The molecule has 0 aromatic carbocycles. The van der Waals surface area contributed by atoms with E-state index in [4.69, 9.17) is 9.47 Å². The van der Waals surface area contributed by atoms with Gasteiger partial charge in [-0.15, -0.1) is 0 Å². The van der Waals surface area contributed by atoms with Crippen molar-refractivity contribution in [3.63, 3.8) is 0 Å². The number of ether oxygens (including phenoxy) is 2. The lowest BCUT2D eigenvalue weighted by atomic mass is 9.65. The first-order chi connectivity index (χ1) is 10.0. The smallest absolute Gasteiger partial charge is 0.318 e. The molecule has 1 spiro atoms. The maximum Gasteiger partial charge on any atom is 0.318 e. The van der Waals surface area contributed by atoms with Crippen LogP contribution in [0.5, 0.6) is 0 Å². The molecule has 1 unspecified atom stereocenters. The summed E-state index contributed by atoms with van der Waals surface area (Å²) in [5, 5.41) is 3.03. The van der Waals surface area contributed by atoms with Gasteiger partial charge in [-0.05, 0) is 18.8 Å². The van der Waals surface area contributed by atoms with Gasteiger partial charge in [-0.1, -0.05) is 26.0 Å². The van der Waals surface area contributed by atoms with E-state index in [2.05, 4.69) is 31.3 Å². The number of methoxy groups -OCH3 is 2. The van der Waals surface area contributed by atoms with Gasteiger partial charge in [0.25, 0.3) is 0 Å². The third-order valence-corrected chi connectivity index (χ3v) is 4.62. The zero-order chi connectivity index (χ0) is 15.5. The van der Waals surface area contributed by atoms with Gasteiger partial charge >= 0.3 is 6.03 Å². The van der Waals surface area contributed by atoms with Crippen molar-refractivity contribution in [3.8, 4) is 0 Å². The summed E-state index contributed by atoms with van der Waals surface area (Å²) in [5.74, 6) is 0.465. The lowest BCUT2D eigenvalue weighted by Crippen LogP contribution is -2.69. The lowest BCUT2D eigenvalue weighted by Gasteiger charge is -2.58. The number of nitrogens with zero attached hydrogens (tertiary/aromatic N) is 1. The summed E-state index contributed by atoms with van der Waals surface area (Å²) >= 11 is 0. The molecule has 1 heterocycles. The Morgan fingerprint density at radius 1 is 1.29 bits per heavy atom. The molecule has 1 atom stereocenters. The van der Waals surface area contributed by atoms with Crippen LogP contribution in [0.2, 0.25) is 0 Å². The van der Waals surface area contributed by atoms with Crippen LogP contribution in [0.25, 0.3) is 0 Å². The highest BCUT2D eigenvalue weighted by Gasteiger charge is 2.55. The van der Waals surface area contributed by atoms with Crippen molar-refractivity contribution in [2.24, 2.45) is 11.3 Å². The Hall–Kier alpha value is -1.07. The van der Waals surface area contributed by atoms with E-state index in [1.807, 2.05) is 4.90 Å². The quantitative estimate of drug-likeness (QED) is 0.763. The molecule has 0 saturated carbocycles. The van der Waals surface area contributed by atoms with Crippen molar-refractivity contribution < 1.29 is 14.3 Å². The molecule has 0 radical (unpaired) electrons. The largest absolute Gasteiger partial charge is 0.382 e. The number of hydrogen-bond donors (Lipinski definition) is 1. The second kappa shape index (κ2) is 6.79. The zero-order valence-corrected chi connectivity index (χ0v) is 13.6. The van der Waals surface area contributed by atoms with E-state index in [0.29, 0.717) is 25.2 Å². The third kappa shape index (κ3) is 3.24. The first-order valence-electron chi connectivity index (χ1n) is 7.74. The molecule has 1 aliphatic heterocycles. The Morgan fingerprint density at radius 2 is 1.86 bits per heavy atom. The van der Waals surface area contributed by atoms with Gasteiger partial charge in [0.05, 0.1) is 19.3 Å². The van der Waals surface area contributed by atoms with Crippen molar-refractivity contribution in [3.05, 3.63) is 12.2 Å². The molecule has 0 aromatic heterocycles. The van der Waals surface area contributed by atoms with E-state index < -0.39 is 0 Å². The number of urea groups is 1. The van der Waals surface area contributed by atoms with Crippen LogP contribution in [0.3, 0.4) is 0 Å². The molecule has 2 rings (SSSR count). The minimum absolute atomic E-state index is 0.00493. The van der Waals surface area contributed by atoms with Crippen LogP contribution < -0.4 is 5.32 Å². The highest BCUT2D eigenvalue weighted by atomic mass is 16.5. The molecular formula is C16H28N2O3. The Morgan fingerprint density at radius 3 is 2.33 bits per heavy atom. The molecule has 21 heavy (non-hydrogen) atoms. The predicted octanol–water partition coefficient (Wildman–Crippen LogP) is 2.03. The van der Waals surface area contributed by atoms with Gasteiger partial charge in [0, 0.05) is 32.2 Å². The number of allylic oxidation sites excluding steroid dienone is 2. The first kappa shape index (κ1) is 16.3. The maximum atomic E-state index is 12.5. The fourth-order valence-corrected chi connectivity index (χ4v) is 3.90. The number of likely N-dealkylation sites (tertiary alicyclic amines) is 1. The number of rotatable bonds is 6. The molecule has 1 N–H and O–H groups in total. The zero-order valence-electron chi connectivity index (χ0n) is 13.6. The van der Waals surface area contributed by atoms with Crippen LogP contribution in [0.4, 0.5) is 4.79 Å². The fourth-order valence-electron chi connectivity index (χ4n) is 3.90. The molecule has 1 saturated heterocycles. The SMILES string of the molecule is COCC(COC)NC(=O)N1CC2(CC=CC2)C1C(C)C. The van der Waals surface area contributed by atoms with E-state index in [1.54, 1.807) is 14.2 Å². The molecule has 2 aliphatic rings. The molecule has 1 fully saturated rings. The van der Waals surface area contributed by atoms with Crippen molar-refractivity contribution in [2.45, 2.75) is 38.8 Å². The summed E-state index contributed by atoms with van der Waals surface area (Å²) in [6.45, 7) is 6.18. The van der Waals surface area contributed by atoms with E-state index >= 15 is 0 Å². The van der Waals surface area contributed by atoms with Crippen molar-refractivity contribution in [2.75, 3.05) is 34.0 Å². The van der Waals surface area contributed by atoms with E-state index in [-0.39, 0.29) is 17.5 Å². The van der Waals surface area contributed by atoms with Gasteiger partial charge < -0.3 is 19.7 Å². The van der Waals surface area contributed by atoms with Crippen LogP contribution >= 0.6 is 0 Å². The second-order valence-corrected chi connectivity index (χ2v) is 6.62. The van der Waals surface area contributed by atoms with Crippen LogP contribution in [0.15, 0.2) is 12.2 Å². The summed E-state index contributed by atoms with van der Waals surface area (Å²) in [4.78, 5) is 14.5. The Balaban J connectivity index is 1.96. The second-order valence-electron chi connectivity index (χ2n) is 6.62. The topological polar surface area (TPSA) is 50.8 Å². The summed E-state index contributed by atoms with van der Waals surface area (Å²) in [6.07, 6.45) is 6.70. The van der Waals surface area contributed by atoms with Crippen molar-refractivity contribution >= 4 is 6.03 Å². The molecule has 120 valence electrons. The number of amides is 2. The van der Waals surface area contributed by atoms with Gasteiger partial charge in [0.1, 0.15) is 0 Å². The molecule has 5 heteroatoms. The Kier molecular flexibility index (Phi) is 5.27. The summed E-state index contributed by atoms with van der Waals surface area (Å²) in [6, 6.07) is 0.224. The lowest BCUT2D eigenvalue weighted by molar-refractivity contribution is -0.0592. The number of carbonyl (C=O) groups excluding carboxylic acids is 1. The molecule has 0 bridgehead atoms. The number of nitrogens with one attached hydrogen (secondary N) is 1. The summed E-state index contributed by atoms with van der Waals surface area (Å²) in [7, 11) is 3.27. The van der Waals surface area contributed by atoms with Crippen molar-refractivity contribution in [1.29, 1.82) is 0 Å². The monoisotopic (exact) mass is 296 g/mol. The molecule has 1 aliphatic carbocycles.